The van der Waals surface area contributed by atoms with Crippen LogP contribution in [0.3, 0.4) is 0 Å². The lowest BCUT2D eigenvalue weighted by Crippen LogP contribution is -2.45. The molecule has 0 radical (unpaired) electrons. The maximum atomic E-state index is 12.8. The average Bonchev–Trinajstić information content (AvgIpc) is 3.22. The number of piperidine rings is 1. The van der Waals surface area contributed by atoms with Crippen molar-refractivity contribution in [3.05, 3.63) is 42.9 Å². The standard InChI is InChI=1S/C22H25N5OS/c28-20(26-11-10-16-6-4-5-7-17(16)13-26)14-29-22-19-12-25-27(21(19)23-15-24-22)18-8-2-1-3-9-18/h1-3,8-9,12,15-17H,4-7,10-11,13-14H2/t16-,17+/m1/s1. The van der Waals surface area contributed by atoms with Crippen molar-refractivity contribution in [2.75, 3.05) is 18.8 Å². The van der Waals surface area contributed by atoms with Gasteiger partial charge in [0.1, 0.15) is 11.4 Å². The van der Waals surface area contributed by atoms with Crippen molar-refractivity contribution in [3.63, 3.8) is 0 Å². The molecule has 0 unspecified atom stereocenters. The monoisotopic (exact) mass is 407 g/mol. The molecule has 1 aliphatic carbocycles. The first-order valence-corrected chi connectivity index (χ1v) is 11.4. The number of amides is 1. The van der Waals surface area contributed by atoms with E-state index in [1.807, 2.05) is 35.0 Å². The predicted octanol–water partition coefficient (Wildman–Crippen LogP) is 3.95. The van der Waals surface area contributed by atoms with Gasteiger partial charge in [-0.15, -0.1) is 0 Å². The predicted molar refractivity (Wildman–Crippen MR) is 114 cm³/mol. The van der Waals surface area contributed by atoms with Crippen LogP contribution in [0.15, 0.2) is 47.9 Å². The Balaban J connectivity index is 1.28. The van der Waals surface area contributed by atoms with Gasteiger partial charge < -0.3 is 4.90 Å². The highest BCUT2D eigenvalue weighted by Gasteiger charge is 2.32. The summed E-state index contributed by atoms with van der Waals surface area (Å²) in [4.78, 5) is 23.8. The molecule has 1 amide bonds. The van der Waals surface area contributed by atoms with E-state index in [0.29, 0.717) is 11.7 Å². The zero-order valence-electron chi connectivity index (χ0n) is 16.4. The third kappa shape index (κ3) is 3.75. The number of hydrogen-bond acceptors (Lipinski definition) is 5. The van der Waals surface area contributed by atoms with Gasteiger partial charge in [-0.3, -0.25) is 4.79 Å². The Morgan fingerprint density at radius 1 is 1.07 bits per heavy atom. The Labute approximate surface area is 174 Å². The molecule has 2 aromatic heterocycles. The summed E-state index contributed by atoms with van der Waals surface area (Å²) in [7, 11) is 0. The third-order valence-electron chi connectivity index (χ3n) is 6.31. The first kappa shape index (κ1) is 18.6. The Morgan fingerprint density at radius 2 is 1.90 bits per heavy atom. The molecule has 7 heteroatoms. The quantitative estimate of drug-likeness (QED) is 0.484. The lowest BCUT2D eigenvalue weighted by molar-refractivity contribution is -0.131. The molecular formula is C22H25N5OS. The molecule has 0 N–H and O–H groups in total. The fourth-order valence-corrected chi connectivity index (χ4v) is 5.61. The largest absolute Gasteiger partial charge is 0.342 e. The number of para-hydroxylation sites is 1. The summed E-state index contributed by atoms with van der Waals surface area (Å²) < 4.78 is 1.82. The number of carbonyl (C=O) groups is 1. The molecule has 3 heterocycles. The van der Waals surface area contributed by atoms with Crippen LogP contribution in [0.5, 0.6) is 0 Å². The lowest BCUT2D eigenvalue weighted by atomic mass is 9.75. The lowest BCUT2D eigenvalue weighted by Gasteiger charge is -2.41. The summed E-state index contributed by atoms with van der Waals surface area (Å²) in [6.07, 6.45) is 9.85. The van der Waals surface area contributed by atoms with Crippen molar-refractivity contribution < 1.29 is 4.79 Å². The van der Waals surface area contributed by atoms with Gasteiger partial charge in [0, 0.05) is 13.1 Å². The Bertz CT molecular complexity index is 1000. The van der Waals surface area contributed by atoms with E-state index in [1.165, 1.54) is 43.9 Å². The van der Waals surface area contributed by atoms with Crippen LogP contribution in [0.4, 0.5) is 0 Å². The van der Waals surface area contributed by atoms with E-state index in [4.69, 9.17) is 0 Å². The number of nitrogens with zero attached hydrogens (tertiary/aromatic N) is 5. The molecule has 0 bridgehead atoms. The van der Waals surface area contributed by atoms with Gasteiger partial charge in [0.25, 0.3) is 0 Å². The van der Waals surface area contributed by atoms with Crippen molar-refractivity contribution >= 4 is 28.7 Å². The van der Waals surface area contributed by atoms with E-state index in [1.54, 1.807) is 12.5 Å². The minimum Gasteiger partial charge on any atom is -0.342 e. The van der Waals surface area contributed by atoms with Crippen molar-refractivity contribution in [2.24, 2.45) is 11.8 Å². The highest BCUT2D eigenvalue weighted by atomic mass is 32.2. The second-order valence-electron chi connectivity index (χ2n) is 8.03. The second-order valence-corrected chi connectivity index (χ2v) is 8.99. The second kappa shape index (κ2) is 8.14. The van der Waals surface area contributed by atoms with Crippen LogP contribution in [0.25, 0.3) is 16.7 Å². The van der Waals surface area contributed by atoms with Crippen LogP contribution in [0.1, 0.15) is 32.1 Å². The van der Waals surface area contributed by atoms with E-state index < -0.39 is 0 Å². The van der Waals surface area contributed by atoms with Crippen molar-refractivity contribution in [1.82, 2.24) is 24.6 Å². The maximum absolute atomic E-state index is 12.8. The van der Waals surface area contributed by atoms with Crippen LogP contribution >= 0.6 is 11.8 Å². The van der Waals surface area contributed by atoms with Crippen LogP contribution in [0, 0.1) is 11.8 Å². The van der Waals surface area contributed by atoms with Gasteiger partial charge in [-0.25, -0.2) is 14.6 Å². The number of carbonyl (C=O) groups excluding carboxylic acids is 1. The van der Waals surface area contributed by atoms with E-state index in [-0.39, 0.29) is 5.91 Å². The van der Waals surface area contributed by atoms with Gasteiger partial charge in [-0.05, 0) is 36.8 Å². The molecular weight excluding hydrogens is 382 g/mol. The zero-order chi connectivity index (χ0) is 19.6. The molecule has 2 atom stereocenters. The van der Waals surface area contributed by atoms with Gasteiger partial charge in [0.05, 0.1) is 23.0 Å². The number of benzene rings is 1. The number of aromatic nitrogens is 4. The van der Waals surface area contributed by atoms with Gasteiger partial charge in [0.2, 0.25) is 5.91 Å². The van der Waals surface area contributed by atoms with Gasteiger partial charge in [-0.1, -0.05) is 49.2 Å². The number of fused-ring (bicyclic) bond motifs is 2. The minimum atomic E-state index is 0.223. The molecule has 5 rings (SSSR count). The Morgan fingerprint density at radius 3 is 2.76 bits per heavy atom. The van der Waals surface area contributed by atoms with Crippen LogP contribution in [-0.2, 0) is 4.79 Å². The normalized spacial score (nSPS) is 21.9. The zero-order valence-corrected chi connectivity index (χ0v) is 17.2. The summed E-state index contributed by atoms with van der Waals surface area (Å²) in [6, 6.07) is 9.94. The molecule has 3 aromatic rings. The molecule has 150 valence electrons. The summed E-state index contributed by atoms with van der Waals surface area (Å²) in [5, 5.41) is 6.20. The first-order valence-electron chi connectivity index (χ1n) is 10.4. The third-order valence-corrected chi connectivity index (χ3v) is 7.30. The molecule has 6 nitrogen and oxygen atoms in total. The van der Waals surface area contributed by atoms with Crippen LogP contribution in [-0.4, -0.2) is 49.4 Å². The number of hydrogen-bond donors (Lipinski definition) is 0. The molecule has 1 saturated heterocycles. The molecule has 29 heavy (non-hydrogen) atoms. The Hall–Kier alpha value is -2.41. The SMILES string of the molecule is O=C(CSc1ncnc2c1cnn2-c1ccccc1)N1CC[C@H]2CCCC[C@H]2C1. The Kier molecular flexibility index (Phi) is 5.23. The highest BCUT2D eigenvalue weighted by molar-refractivity contribution is 8.00. The molecule has 2 aliphatic rings. The molecule has 2 fully saturated rings. The molecule has 0 spiro atoms. The maximum Gasteiger partial charge on any atom is 0.232 e. The van der Waals surface area contributed by atoms with Gasteiger partial charge >= 0.3 is 0 Å². The van der Waals surface area contributed by atoms with E-state index in [2.05, 4.69) is 20.0 Å². The first-order chi connectivity index (χ1) is 14.3. The minimum absolute atomic E-state index is 0.223. The van der Waals surface area contributed by atoms with E-state index >= 15 is 0 Å². The summed E-state index contributed by atoms with van der Waals surface area (Å²) in [5.41, 5.74) is 1.73. The number of thioether (sulfide) groups is 1. The van der Waals surface area contributed by atoms with Gasteiger partial charge in [0.15, 0.2) is 5.65 Å². The molecule has 1 aromatic carbocycles. The number of rotatable bonds is 4. The summed E-state index contributed by atoms with van der Waals surface area (Å²) in [6.45, 7) is 1.85. The van der Waals surface area contributed by atoms with Crippen molar-refractivity contribution in [2.45, 2.75) is 37.1 Å². The van der Waals surface area contributed by atoms with Crippen LogP contribution in [0.2, 0.25) is 0 Å². The van der Waals surface area contributed by atoms with Gasteiger partial charge in [-0.2, -0.15) is 5.10 Å². The summed E-state index contributed by atoms with van der Waals surface area (Å²) >= 11 is 1.49. The smallest absolute Gasteiger partial charge is 0.232 e. The highest BCUT2D eigenvalue weighted by Crippen LogP contribution is 2.36. The average molecular weight is 408 g/mol. The van der Waals surface area contributed by atoms with Crippen LogP contribution < -0.4 is 0 Å². The van der Waals surface area contributed by atoms with Crippen molar-refractivity contribution in [3.8, 4) is 5.69 Å². The van der Waals surface area contributed by atoms with E-state index in [9.17, 15) is 4.79 Å². The fourth-order valence-electron chi connectivity index (χ4n) is 4.74. The molecule has 1 aliphatic heterocycles. The molecule has 1 saturated carbocycles. The topological polar surface area (TPSA) is 63.9 Å². The summed E-state index contributed by atoms with van der Waals surface area (Å²) in [5.74, 6) is 2.19. The fraction of sp³-hybridized carbons (Fsp3) is 0.455. The van der Waals surface area contributed by atoms with Crippen molar-refractivity contribution in [1.29, 1.82) is 0 Å². The number of likely N-dealkylation sites (tertiary alicyclic amines) is 1. The van der Waals surface area contributed by atoms with E-state index in [0.717, 1.165) is 40.8 Å².